The van der Waals surface area contributed by atoms with Gasteiger partial charge in [0.2, 0.25) is 11.6 Å². The minimum Gasteiger partial charge on any atom is -0.353 e. The Bertz CT molecular complexity index is 783. The van der Waals surface area contributed by atoms with Gasteiger partial charge in [0.1, 0.15) is 0 Å². The molecule has 0 saturated heterocycles. The zero-order valence-electron chi connectivity index (χ0n) is 11.6. The van der Waals surface area contributed by atoms with Crippen LogP contribution in [0.15, 0.2) is 40.2 Å². The van der Waals surface area contributed by atoms with E-state index in [1.54, 1.807) is 0 Å². The molecule has 1 aliphatic carbocycles. The summed E-state index contributed by atoms with van der Waals surface area (Å²) in [4.78, 5) is 12.5. The van der Waals surface area contributed by atoms with Crippen LogP contribution in [0, 0.1) is 0 Å². The predicted octanol–water partition coefficient (Wildman–Crippen LogP) is 3.31. The van der Waals surface area contributed by atoms with Crippen LogP contribution in [0.2, 0.25) is 5.02 Å². The van der Waals surface area contributed by atoms with E-state index in [4.69, 9.17) is 16.2 Å². The van der Waals surface area contributed by atoms with E-state index in [-0.39, 0.29) is 11.8 Å². The number of nitrogens with zero attached hydrogens (tertiary/aromatic N) is 2. The maximum Gasteiger partial charge on any atom is 0.219 e. The van der Waals surface area contributed by atoms with Gasteiger partial charge in [0.25, 0.3) is 0 Å². The molecule has 1 atom stereocenters. The summed E-state index contributed by atoms with van der Waals surface area (Å²) in [6, 6.07) is 7.12. The van der Waals surface area contributed by atoms with Gasteiger partial charge in [-0.25, -0.2) is 4.63 Å². The van der Waals surface area contributed by atoms with Crippen molar-refractivity contribution in [3.8, 4) is 0 Å². The minimum absolute atomic E-state index is 0.119. The first-order valence-electron chi connectivity index (χ1n) is 7.11. The lowest BCUT2D eigenvalue weighted by Gasteiger charge is -2.25. The van der Waals surface area contributed by atoms with Crippen molar-refractivity contribution in [1.82, 2.24) is 10.3 Å². The topological polar surface area (TPSA) is 80.1 Å². The van der Waals surface area contributed by atoms with Crippen molar-refractivity contribution in [3.05, 3.63) is 46.1 Å². The largest absolute Gasteiger partial charge is 0.353 e. The predicted molar refractivity (Wildman–Crippen MR) is 81.6 cm³/mol. The average molecular weight is 317 g/mol. The van der Waals surface area contributed by atoms with Crippen LogP contribution >= 0.6 is 11.6 Å². The first kappa shape index (κ1) is 13.3. The van der Waals surface area contributed by atoms with Crippen molar-refractivity contribution in [1.29, 1.82) is 0 Å². The van der Waals surface area contributed by atoms with Gasteiger partial charge in [-0.3, -0.25) is 4.79 Å². The van der Waals surface area contributed by atoms with E-state index in [0.29, 0.717) is 28.7 Å². The highest BCUT2D eigenvalue weighted by Crippen LogP contribution is 2.40. The van der Waals surface area contributed by atoms with Crippen LogP contribution < -0.4 is 10.6 Å². The summed E-state index contributed by atoms with van der Waals surface area (Å²) in [5, 5.41) is 14.7. The Morgan fingerprint density at radius 1 is 1.18 bits per heavy atom. The lowest BCUT2D eigenvalue weighted by atomic mass is 9.87. The van der Waals surface area contributed by atoms with E-state index in [1.165, 1.54) is 0 Å². The molecule has 0 fully saturated rings. The molecule has 4 rings (SSSR count). The lowest BCUT2D eigenvalue weighted by Crippen LogP contribution is -2.24. The molecule has 1 aliphatic heterocycles. The third-order valence-corrected chi connectivity index (χ3v) is 4.34. The van der Waals surface area contributed by atoms with E-state index in [0.717, 1.165) is 24.1 Å². The first-order chi connectivity index (χ1) is 10.7. The number of fused-ring (bicyclic) bond motifs is 1. The summed E-state index contributed by atoms with van der Waals surface area (Å²) < 4.78 is 4.78. The summed E-state index contributed by atoms with van der Waals surface area (Å²) in [5.74, 6) is 1.09. The highest BCUT2D eigenvalue weighted by molar-refractivity contribution is 6.31. The molecule has 112 valence electrons. The maximum absolute atomic E-state index is 12.5. The molecule has 2 heterocycles. The zero-order valence-corrected chi connectivity index (χ0v) is 12.4. The lowest BCUT2D eigenvalue weighted by molar-refractivity contribution is -0.116. The fourth-order valence-electron chi connectivity index (χ4n) is 2.99. The van der Waals surface area contributed by atoms with E-state index < -0.39 is 0 Å². The highest BCUT2D eigenvalue weighted by Gasteiger charge is 2.34. The first-order valence-corrected chi connectivity index (χ1v) is 7.48. The van der Waals surface area contributed by atoms with Gasteiger partial charge in [0.05, 0.1) is 6.04 Å². The Balaban J connectivity index is 1.90. The van der Waals surface area contributed by atoms with Gasteiger partial charge in [-0.1, -0.05) is 29.8 Å². The minimum atomic E-state index is -0.364. The van der Waals surface area contributed by atoms with Crippen LogP contribution in [0.1, 0.15) is 30.9 Å². The average Bonchev–Trinajstić information content (AvgIpc) is 2.87. The van der Waals surface area contributed by atoms with Crippen molar-refractivity contribution in [2.45, 2.75) is 25.3 Å². The van der Waals surface area contributed by atoms with E-state index in [9.17, 15) is 4.79 Å². The fourth-order valence-corrected chi connectivity index (χ4v) is 3.23. The molecule has 22 heavy (non-hydrogen) atoms. The number of carbonyl (C=O) groups is 1. The molecule has 6 nitrogen and oxygen atoms in total. The summed E-state index contributed by atoms with van der Waals surface area (Å²) >= 11 is 6.34. The second-order valence-corrected chi connectivity index (χ2v) is 5.76. The van der Waals surface area contributed by atoms with Crippen molar-refractivity contribution in [3.63, 3.8) is 0 Å². The quantitative estimate of drug-likeness (QED) is 0.840. The third kappa shape index (κ3) is 2.07. The number of ketones is 1. The van der Waals surface area contributed by atoms with Gasteiger partial charge >= 0.3 is 0 Å². The molecule has 0 unspecified atom stereocenters. The van der Waals surface area contributed by atoms with Crippen molar-refractivity contribution >= 4 is 29.0 Å². The monoisotopic (exact) mass is 316 g/mol. The Labute approximate surface area is 131 Å². The van der Waals surface area contributed by atoms with Gasteiger partial charge < -0.3 is 10.6 Å². The molecule has 0 spiro atoms. The molecule has 7 heteroatoms. The van der Waals surface area contributed by atoms with Crippen LogP contribution in [-0.2, 0) is 4.79 Å². The van der Waals surface area contributed by atoms with Crippen molar-refractivity contribution < 1.29 is 9.42 Å². The van der Waals surface area contributed by atoms with E-state index in [2.05, 4.69) is 20.9 Å². The van der Waals surface area contributed by atoms with E-state index in [1.807, 2.05) is 24.3 Å². The van der Waals surface area contributed by atoms with Gasteiger partial charge in [0, 0.05) is 22.7 Å². The number of allylic oxidation sites excluding steroid dienone is 1. The molecule has 2 N–H and O–H groups in total. The number of halogens is 1. The van der Waals surface area contributed by atoms with Crippen molar-refractivity contribution in [2.75, 3.05) is 10.6 Å². The fraction of sp³-hybridized carbons (Fsp3) is 0.267. The van der Waals surface area contributed by atoms with Gasteiger partial charge in [-0.05, 0) is 34.8 Å². The molecule has 0 amide bonds. The molecule has 0 bridgehead atoms. The van der Waals surface area contributed by atoms with Crippen LogP contribution in [0.4, 0.5) is 11.6 Å². The molecule has 1 aromatic carbocycles. The molecular formula is C15H13ClN4O2. The number of aromatic nitrogens is 2. The Hall–Kier alpha value is -2.34. The molecule has 2 aromatic rings. The van der Waals surface area contributed by atoms with Crippen LogP contribution in [0.3, 0.4) is 0 Å². The molecule has 2 aliphatic rings. The molecular weight excluding hydrogens is 304 g/mol. The van der Waals surface area contributed by atoms with Gasteiger partial charge in [-0.2, -0.15) is 0 Å². The smallest absolute Gasteiger partial charge is 0.219 e. The zero-order chi connectivity index (χ0) is 15.1. The number of carbonyl (C=O) groups excluding carboxylic acids is 1. The van der Waals surface area contributed by atoms with Gasteiger partial charge in [0.15, 0.2) is 5.78 Å². The molecule has 1 aromatic heterocycles. The van der Waals surface area contributed by atoms with Crippen molar-refractivity contribution in [2.24, 2.45) is 0 Å². The number of rotatable bonds is 1. The standard InChI is InChI=1S/C15H13ClN4O2/c16-9-5-2-1-4-8(9)13-12-10(6-3-7-11(12)21)17-14-15(18-13)20-22-19-14/h1-2,4-5,13H,3,6-7H2,(H,17,19)(H,18,20)/t13-/m0/s1. The van der Waals surface area contributed by atoms with Crippen LogP contribution in [-0.4, -0.2) is 16.1 Å². The normalized spacial score (nSPS) is 20.6. The summed E-state index contributed by atoms with van der Waals surface area (Å²) in [7, 11) is 0. The summed E-state index contributed by atoms with van der Waals surface area (Å²) in [5.41, 5.74) is 2.41. The second kappa shape index (κ2) is 5.14. The Kier molecular flexibility index (Phi) is 3.11. The number of nitrogens with one attached hydrogen (secondary N) is 2. The number of anilines is 2. The second-order valence-electron chi connectivity index (χ2n) is 5.35. The number of hydrogen-bond donors (Lipinski definition) is 2. The SMILES string of the molecule is O=C1CCCC2=C1[C@H](c1ccccc1Cl)Nc1nonc1N2. The Morgan fingerprint density at radius 2 is 2.00 bits per heavy atom. The number of Topliss-reactive ketones (excluding diaryl/α,β-unsaturated/α-hetero) is 1. The van der Waals surface area contributed by atoms with E-state index >= 15 is 0 Å². The molecule has 0 saturated carbocycles. The summed E-state index contributed by atoms with van der Waals surface area (Å²) in [6.45, 7) is 0. The summed E-state index contributed by atoms with van der Waals surface area (Å²) in [6.07, 6.45) is 2.15. The highest BCUT2D eigenvalue weighted by atomic mass is 35.5. The van der Waals surface area contributed by atoms with Crippen LogP contribution in [0.5, 0.6) is 0 Å². The molecule has 0 radical (unpaired) electrons. The van der Waals surface area contributed by atoms with Gasteiger partial charge in [-0.15, -0.1) is 0 Å². The number of hydrogen-bond acceptors (Lipinski definition) is 6. The third-order valence-electron chi connectivity index (χ3n) is 4.00. The Morgan fingerprint density at radius 3 is 2.86 bits per heavy atom. The number of benzene rings is 1. The maximum atomic E-state index is 12.5. The van der Waals surface area contributed by atoms with Crippen LogP contribution in [0.25, 0.3) is 0 Å².